The second kappa shape index (κ2) is 7.15. The van der Waals surface area contributed by atoms with Gasteiger partial charge in [0.25, 0.3) is 0 Å². The predicted octanol–water partition coefficient (Wildman–Crippen LogP) is 3.92. The van der Waals surface area contributed by atoms with Crippen LogP contribution in [0.5, 0.6) is 0 Å². The van der Waals surface area contributed by atoms with Gasteiger partial charge < -0.3 is 15.1 Å². The molecule has 0 saturated carbocycles. The largest absolute Gasteiger partial charge is 0.322 e. The number of nitrogens with one attached hydrogen (secondary N) is 1. The van der Waals surface area contributed by atoms with Gasteiger partial charge in [-0.15, -0.1) is 0 Å². The van der Waals surface area contributed by atoms with Crippen molar-refractivity contribution in [3.63, 3.8) is 0 Å². The maximum absolute atomic E-state index is 12.7. The smallest absolute Gasteiger partial charge is 0.311 e. The first kappa shape index (κ1) is 17.3. The van der Waals surface area contributed by atoms with Crippen molar-refractivity contribution in [2.24, 2.45) is 0 Å². The van der Waals surface area contributed by atoms with Gasteiger partial charge in [0.2, 0.25) is 5.91 Å². The van der Waals surface area contributed by atoms with Gasteiger partial charge in [-0.25, -0.2) is 4.79 Å². The third-order valence-electron chi connectivity index (χ3n) is 4.36. The Labute approximate surface area is 152 Å². The number of benzene rings is 2. The Morgan fingerprint density at radius 1 is 1.08 bits per heavy atom. The third kappa shape index (κ3) is 3.77. The number of hydrogen-bond acceptors (Lipinski definition) is 2. The lowest BCUT2D eigenvalue weighted by Crippen LogP contribution is -2.58. The van der Waals surface area contributed by atoms with Crippen LogP contribution in [-0.4, -0.2) is 36.0 Å². The van der Waals surface area contributed by atoms with E-state index in [1.165, 1.54) is 0 Å². The molecule has 0 aromatic heterocycles. The summed E-state index contributed by atoms with van der Waals surface area (Å²) in [7, 11) is 0. The number of hydrogen-bond donors (Lipinski definition) is 1. The average molecular weight is 358 g/mol. The van der Waals surface area contributed by atoms with Crippen LogP contribution in [-0.2, 0) is 4.79 Å². The molecule has 1 atom stereocenters. The summed E-state index contributed by atoms with van der Waals surface area (Å²) >= 11 is 5.90. The summed E-state index contributed by atoms with van der Waals surface area (Å²) < 4.78 is 0. The number of anilines is 2. The molecule has 1 N–H and O–H groups in total. The van der Waals surface area contributed by atoms with Crippen LogP contribution in [0.2, 0.25) is 5.02 Å². The molecular formula is C19H20ClN3O2. The van der Waals surface area contributed by atoms with Crippen LogP contribution in [0.1, 0.15) is 12.5 Å². The first-order valence-electron chi connectivity index (χ1n) is 8.17. The molecule has 3 amide bonds. The molecule has 1 fully saturated rings. The zero-order chi connectivity index (χ0) is 18.0. The lowest BCUT2D eigenvalue weighted by molar-refractivity contribution is -0.123. The van der Waals surface area contributed by atoms with Crippen molar-refractivity contribution >= 4 is 34.9 Å². The lowest BCUT2D eigenvalue weighted by atomic mass is 10.1. The van der Waals surface area contributed by atoms with E-state index in [2.05, 4.69) is 5.32 Å². The molecule has 1 aliphatic rings. The van der Waals surface area contributed by atoms with Gasteiger partial charge >= 0.3 is 6.03 Å². The van der Waals surface area contributed by atoms with Crippen LogP contribution in [0.3, 0.4) is 0 Å². The molecule has 2 aromatic rings. The molecule has 2 aromatic carbocycles. The molecule has 25 heavy (non-hydrogen) atoms. The van der Waals surface area contributed by atoms with Crippen molar-refractivity contribution in [2.75, 3.05) is 23.3 Å². The Bertz CT molecular complexity index is 774. The summed E-state index contributed by atoms with van der Waals surface area (Å²) in [5.74, 6) is -0.104. The molecule has 6 heteroatoms. The van der Waals surface area contributed by atoms with Crippen LogP contribution in [0, 0.1) is 6.92 Å². The Kier molecular flexibility index (Phi) is 4.95. The maximum Gasteiger partial charge on any atom is 0.322 e. The number of halogens is 1. The summed E-state index contributed by atoms with van der Waals surface area (Å²) in [4.78, 5) is 28.5. The molecule has 0 unspecified atom stereocenters. The van der Waals surface area contributed by atoms with E-state index in [-0.39, 0.29) is 11.9 Å². The first-order chi connectivity index (χ1) is 12.0. The number of amides is 3. The summed E-state index contributed by atoms with van der Waals surface area (Å²) in [6.45, 7) is 4.65. The molecule has 0 radical (unpaired) electrons. The standard InChI is InChI=1S/C19H20ClN3O2/c1-13-3-7-16(8-4-13)21-19(25)22-11-12-23(18(24)14(22)2)17-9-5-15(20)6-10-17/h3-10,14H,11-12H2,1-2H3,(H,21,25)/t14-/m0/s1. The van der Waals surface area contributed by atoms with Gasteiger partial charge in [0.15, 0.2) is 0 Å². The van der Waals surface area contributed by atoms with Crippen LogP contribution in [0.15, 0.2) is 48.5 Å². The van der Waals surface area contributed by atoms with Crippen molar-refractivity contribution in [1.29, 1.82) is 0 Å². The summed E-state index contributed by atoms with van der Waals surface area (Å²) in [5, 5.41) is 3.48. The summed E-state index contributed by atoms with van der Waals surface area (Å²) in [6, 6.07) is 13.9. The molecule has 1 aliphatic heterocycles. The Morgan fingerprint density at radius 3 is 2.36 bits per heavy atom. The first-order valence-corrected chi connectivity index (χ1v) is 8.55. The quantitative estimate of drug-likeness (QED) is 0.885. The Hall–Kier alpha value is -2.53. The minimum absolute atomic E-state index is 0.104. The van der Waals surface area contributed by atoms with Gasteiger partial charge in [-0.1, -0.05) is 29.3 Å². The van der Waals surface area contributed by atoms with E-state index in [4.69, 9.17) is 11.6 Å². The molecule has 5 nitrogen and oxygen atoms in total. The Morgan fingerprint density at radius 2 is 1.72 bits per heavy atom. The minimum Gasteiger partial charge on any atom is -0.311 e. The highest BCUT2D eigenvalue weighted by atomic mass is 35.5. The van der Waals surface area contributed by atoms with E-state index in [0.29, 0.717) is 18.1 Å². The molecule has 0 aliphatic carbocycles. The number of aryl methyl sites for hydroxylation is 1. The second-order valence-corrected chi connectivity index (χ2v) is 6.57. The molecule has 0 spiro atoms. The maximum atomic E-state index is 12.7. The van der Waals surface area contributed by atoms with E-state index < -0.39 is 6.04 Å². The third-order valence-corrected chi connectivity index (χ3v) is 4.61. The molecule has 0 bridgehead atoms. The molecule has 130 valence electrons. The van der Waals surface area contributed by atoms with E-state index in [9.17, 15) is 9.59 Å². The fourth-order valence-corrected chi connectivity index (χ4v) is 2.98. The fraction of sp³-hybridized carbons (Fsp3) is 0.263. The number of nitrogens with zero attached hydrogens (tertiary/aromatic N) is 2. The number of rotatable bonds is 2. The van der Waals surface area contributed by atoms with Gasteiger partial charge in [-0.2, -0.15) is 0 Å². The molecule has 1 saturated heterocycles. The SMILES string of the molecule is Cc1ccc(NC(=O)N2CCN(c3ccc(Cl)cc3)C(=O)[C@@H]2C)cc1. The van der Waals surface area contributed by atoms with Crippen LogP contribution in [0.4, 0.5) is 16.2 Å². The number of carbonyl (C=O) groups is 2. The fourth-order valence-electron chi connectivity index (χ4n) is 2.86. The van der Waals surface area contributed by atoms with Gasteiger partial charge in [0.1, 0.15) is 6.04 Å². The van der Waals surface area contributed by atoms with E-state index in [0.717, 1.165) is 16.9 Å². The van der Waals surface area contributed by atoms with Gasteiger partial charge in [-0.05, 0) is 50.2 Å². The normalized spacial score (nSPS) is 17.6. The number of carbonyl (C=O) groups excluding carboxylic acids is 2. The highest BCUT2D eigenvalue weighted by molar-refractivity contribution is 6.30. The second-order valence-electron chi connectivity index (χ2n) is 6.13. The lowest BCUT2D eigenvalue weighted by Gasteiger charge is -2.39. The van der Waals surface area contributed by atoms with Gasteiger partial charge in [0.05, 0.1) is 0 Å². The number of piperazine rings is 1. The van der Waals surface area contributed by atoms with Gasteiger partial charge in [0, 0.05) is 29.5 Å². The predicted molar refractivity (Wildman–Crippen MR) is 100 cm³/mol. The Balaban J connectivity index is 1.69. The van der Waals surface area contributed by atoms with Crippen molar-refractivity contribution < 1.29 is 9.59 Å². The van der Waals surface area contributed by atoms with Crippen molar-refractivity contribution in [2.45, 2.75) is 19.9 Å². The van der Waals surface area contributed by atoms with Crippen molar-refractivity contribution in [3.8, 4) is 0 Å². The van der Waals surface area contributed by atoms with Crippen LogP contribution in [0.25, 0.3) is 0 Å². The summed E-state index contributed by atoms with van der Waals surface area (Å²) in [6.07, 6.45) is 0. The highest BCUT2D eigenvalue weighted by Gasteiger charge is 2.35. The van der Waals surface area contributed by atoms with E-state index >= 15 is 0 Å². The monoisotopic (exact) mass is 357 g/mol. The zero-order valence-electron chi connectivity index (χ0n) is 14.2. The molecule has 3 rings (SSSR count). The van der Waals surface area contributed by atoms with E-state index in [1.807, 2.05) is 43.3 Å². The van der Waals surface area contributed by atoms with E-state index in [1.54, 1.807) is 28.9 Å². The summed E-state index contributed by atoms with van der Waals surface area (Å²) in [5.41, 5.74) is 2.63. The topological polar surface area (TPSA) is 52.7 Å². The zero-order valence-corrected chi connectivity index (χ0v) is 15.0. The van der Waals surface area contributed by atoms with Gasteiger partial charge in [-0.3, -0.25) is 4.79 Å². The average Bonchev–Trinajstić information content (AvgIpc) is 2.60. The molecular weight excluding hydrogens is 338 g/mol. The minimum atomic E-state index is -0.533. The molecule has 1 heterocycles. The van der Waals surface area contributed by atoms with Crippen molar-refractivity contribution in [3.05, 3.63) is 59.1 Å². The number of urea groups is 1. The van der Waals surface area contributed by atoms with Crippen LogP contribution >= 0.6 is 11.6 Å². The highest BCUT2D eigenvalue weighted by Crippen LogP contribution is 2.23. The van der Waals surface area contributed by atoms with Crippen LogP contribution < -0.4 is 10.2 Å². The van der Waals surface area contributed by atoms with Crippen molar-refractivity contribution in [1.82, 2.24) is 4.90 Å².